The molecular weight excluding hydrogens is 560 g/mol. The molecule has 1 atom stereocenters. The highest BCUT2D eigenvalue weighted by atomic mass is 16.5. The third kappa shape index (κ3) is 6.54. The van der Waals surface area contributed by atoms with Crippen LogP contribution >= 0.6 is 0 Å². The van der Waals surface area contributed by atoms with E-state index in [0.29, 0.717) is 41.9 Å². The van der Waals surface area contributed by atoms with Crippen LogP contribution in [0.15, 0.2) is 60.8 Å². The number of nitrogens with one attached hydrogen (secondary N) is 1. The van der Waals surface area contributed by atoms with Crippen molar-refractivity contribution < 1.29 is 28.4 Å². The summed E-state index contributed by atoms with van der Waals surface area (Å²) in [6.07, 6.45) is 4.11. The lowest BCUT2D eigenvalue weighted by molar-refractivity contribution is 0.352. The van der Waals surface area contributed by atoms with Gasteiger partial charge in [0.25, 0.3) is 0 Å². The van der Waals surface area contributed by atoms with Crippen LogP contribution in [0.3, 0.4) is 0 Å². The van der Waals surface area contributed by atoms with Crippen LogP contribution in [0.1, 0.15) is 28.3 Å². The average molecular weight is 601 g/mol. The largest absolute Gasteiger partial charge is 0.493 e. The fourth-order valence-corrected chi connectivity index (χ4v) is 5.67. The van der Waals surface area contributed by atoms with Gasteiger partial charge in [-0.25, -0.2) is 4.98 Å². The van der Waals surface area contributed by atoms with Crippen molar-refractivity contribution in [2.45, 2.75) is 25.3 Å². The Bertz CT molecular complexity index is 1580. The summed E-state index contributed by atoms with van der Waals surface area (Å²) in [5.41, 5.74) is 4.61. The van der Waals surface area contributed by atoms with E-state index in [9.17, 15) is 0 Å². The zero-order valence-electron chi connectivity index (χ0n) is 26.2. The Balaban J connectivity index is 1.42. The second-order valence-electron chi connectivity index (χ2n) is 10.4. The Hall–Kier alpha value is -4.86. The molecule has 0 aliphatic carbocycles. The highest BCUT2D eigenvalue weighted by molar-refractivity contribution is 5.55. The van der Waals surface area contributed by atoms with E-state index in [2.05, 4.69) is 28.4 Å². The summed E-state index contributed by atoms with van der Waals surface area (Å²) in [7, 11) is 9.90. The number of ether oxygens (including phenoxy) is 6. The SMILES string of the molecule is COc1ccc(CCNc2ccnc(N3CCc4cc(OC)c(OC)cc4C3Cc3ccc(OC)c(OC)c3)n2)cc1OC. The van der Waals surface area contributed by atoms with E-state index < -0.39 is 0 Å². The van der Waals surface area contributed by atoms with Gasteiger partial charge >= 0.3 is 0 Å². The Morgan fingerprint density at radius 2 is 1.30 bits per heavy atom. The number of fused-ring (bicyclic) bond motifs is 1. The lowest BCUT2D eigenvalue weighted by Gasteiger charge is -2.38. The average Bonchev–Trinajstić information content (AvgIpc) is 3.07. The standard InChI is InChI=1S/C34H40N4O6/c1-39-27-9-7-22(18-29(27)41-3)11-14-35-33-12-15-36-34(37-33)38-16-13-24-20-31(43-5)32(44-6)21-25(24)26(38)17-23-8-10-28(40-2)30(19-23)42-4/h7-10,12,15,18-21,26H,11,13-14,16-17H2,1-6H3,(H,35,36,37). The number of methoxy groups -OCH3 is 6. The summed E-state index contributed by atoms with van der Waals surface area (Å²) in [5.74, 6) is 5.65. The van der Waals surface area contributed by atoms with Gasteiger partial charge in [-0.15, -0.1) is 0 Å². The van der Waals surface area contributed by atoms with Crippen molar-refractivity contribution in [3.05, 3.63) is 83.0 Å². The number of hydrogen-bond acceptors (Lipinski definition) is 10. The number of nitrogens with zero attached hydrogens (tertiary/aromatic N) is 3. The molecule has 10 nitrogen and oxygen atoms in total. The second-order valence-corrected chi connectivity index (χ2v) is 10.4. The molecule has 5 rings (SSSR count). The van der Waals surface area contributed by atoms with Crippen LogP contribution in [0.25, 0.3) is 0 Å². The summed E-state index contributed by atoms with van der Waals surface area (Å²) in [6, 6.07) is 18.0. The van der Waals surface area contributed by atoms with E-state index in [0.717, 1.165) is 53.4 Å². The molecule has 232 valence electrons. The summed E-state index contributed by atoms with van der Waals surface area (Å²) in [5, 5.41) is 3.47. The van der Waals surface area contributed by atoms with Crippen molar-refractivity contribution in [3.8, 4) is 34.5 Å². The Morgan fingerprint density at radius 3 is 1.95 bits per heavy atom. The van der Waals surface area contributed by atoms with E-state index in [1.807, 2.05) is 36.4 Å². The predicted molar refractivity (Wildman–Crippen MR) is 170 cm³/mol. The third-order valence-corrected chi connectivity index (χ3v) is 7.95. The van der Waals surface area contributed by atoms with Crippen LogP contribution in [0.4, 0.5) is 11.8 Å². The van der Waals surface area contributed by atoms with Gasteiger partial charge in [0.05, 0.1) is 48.7 Å². The second kappa shape index (κ2) is 14.1. The zero-order chi connectivity index (χ0) is 31.1. The van der Waals surface area contributed by atoms with Crippen LogP contribution < -0.4 is 38.6 Å². The molecule has 0 amide bonds. The molecule has 0 saturated carbocycles. The molecule has 0 bridgehead atoms. The molecule has 3 aromatic carbocycles. The summed E-state index contributed by atoms with van der Waals surface area (Å²) >= 11 is 0. The van der Waals surface area contributed by atoms with Gasteiger partial charge in [0.2, 0.25) is 5.95 Å². The molecule has 0 radical (unpaired) electrons. The topological polar surface area (TPSA) is 96.4 Å². The first kappa shape index (κ1) is 30.6. The highest BCUT2D eigenvalue weighted by Gasteiger charge is 2.31. The summed E-state index contributed by atoms with van der Waals surface area (Å²) in [6.45, 7) is 1.44. The monoisotopic (exact) mass is 600 g/mol. The number of aromatic nitrogens is 2. The van der Waals surface area contributed by atoms with Crippen LogP contribution in [0.2, 0.25) is 0 Å². The van der Waals surface area contributed by atoms with Crippen molar-refractivity contribution in [3.63, 3.8) is 0 Å². The normalized spacial score (nSPS) is 14.0. The van der Waals surface area contributed by atoms with E-state index in [-0.39, 0.29) is 6.04 Å². The van der Waals surface area contributed by atoms with Gasteiger partial charge in [0.15, 0.2) is 34.5 Å². The molecule has 1 aliphatic rings. The van der Waals surface area contributed by atoms with Gasteiger partial charge in [-0.1, -0.05) is 12.1 Å². The molecule has 1 N–H and O–H groups in total. The zero-order valence-corrected chi connectivity index (χ0v) is 26.2. The van der Waals surface area contributed by atoms with Crippen molar-refractivity contribution in [2.24, 2.45) is 0 Å². The van der Waals surface area contributed by atoms with E-state index in [1.54, 1.807) is 48.9 Å². The summed E-state index contributed by atoms with van der Waals surface area (Å²) < 4.78 is 33.2. The third-order valence-electron chi connectivity index (χ3n) is 7.95. The van der Waals surface area contributed by atoms with Gasteiger partial charge in [0.1, 0.15) is 5.82 Å². The lowest BCUT2D eigenvalue weighted by atomic mass is 9.88. The number of benzene rings is 3. The fraction of sp³-hybridized carbons (Fsp3) is 0.353. The minimum Gasteiger partial charge on any atom is -0.493 e. The van der Waals surface area contributed by atoms with Crippen molar-refractivity contribution in [1.82, 2.24) is 9.97 Å². The Labute approximate surface area is 258 Å². The maximum absolute atomic E-state index is 5.70. The fourth-order valence-electron chi connectivity index (χ4n) is 5.67. The van der Waals surface area contributed by atoms with E-state index in [1.165, 1.54) is 5.56 Å². The molecular formula is C34H40N4O6. The smallest absolute Gasteiger partial charge is 0.227 e. The van der Waals surface area contributed by atoms with Crippen LogP contribution in [0.5, 0.6) is 34.5 Å². The number of hydrogen-bond donors (Lipinski definition) is 1. The molecule has 0 fully saturated rings. The van der Waals surface area contributed by atoms with Gasteiger partial charge < -0.3 is 38.6 Å². The van der Waals surface area contributed by atoms with Crippen LogP contribution in [-0.4, -0.2) is 65.7 Å². The first-order valence-corrected chi connectivity index (χ1v) is 14.5. The Kier molecular flexibility index (Phi) is 9.79. The molecule has 1 unspecified atom stereocenters. The van der Waals surface area contributed by atoms with Crippen molar-refractivity contribution in [1.29, 1.82) is 0 Å². The number of rotatable bonds is 13. The van der Waals surface area contributed by atoms with Crippen LogP contribution in [-0.2, 0) is 19.3 Å². The van der Waals surface area contributed by atoms with Gasteiger partial charge in [-0.3, -0.25) is 0 Å². The molecule has 2 heterocycles. The molecule has 1 aromatic heterocycles. The molecule has 0 saturated heterocycles. The van der Waals surface area contributed by atoms with Crippen LogP contribution in [0, 0.1) is 0 Å². The number of anilines is 2. The first-order chi connectivity index (χ1) is 21.5. The quantitative estimate of drug-likeness (QED) is 0.211. The molecule has 44 heavy (non-hydrogen) atoms. The minimum absolute atomic E-state index is 0.0568. The first-order valence-electron chi connectivity index (χ1n) is 14.5. The van der Waals surface area contributed by atoms with Crippen molar-refractivity contribution in [2.75, 3.05) is 66.0 Å². The molecule has 4 aromatic rings. The van der Waals surface area contributed by atoms with Gasteiger partial charge in [-0.2, -0.15) is 4.98 Å². The minimum atomic E-state index is -0.0568. The maximum atomic E-state index is 5.70. The molecule has 10 heteroatoms. The van der Waals surface area contributed by atoms with E-state index >= 15 is 0 Å². The highest BCUT2D eigenvalue weighted by Crippen LogP contribution is 2.41. The van der Waals surface area contributed by atoms with Gasteiger partial charge in [0, 0.05) is 19.3 Å². The summed E-state index contributed by atoms with van der Waals surface area (Å²) in [4.78, 5) is 11.9. The van der Waals surface area contributed by atoms with E-state index in [4.69, 9.17) is 38.4 Å². The van der Waals surface area contributed by atoms with Gasteiger partial charge in [-0.05, 0) is 84.0 Å². The lowest BCUT2D eigenvalue weighted by Crippen LogP contribution is -2.38. The molecule has 1 aliphatic heterocycles. The Morgan fingerprint density at radius 1 is 0.705 bits per heavy atom. The van der Waals surface area contributed by atoms with Crippen molar-refractivity contribution >= 4 is 11.8 Å². The molecule has 0 spiro atoms. The maximum Gasteiger partial charge on any atom is 0.227 e. The predicted octanol–water partition coefficient (Wildman–Crippen LogP) is 5.53.